The number of benzene rings is 3. The lowest BCUT2D eigenvalue weighted by molar-refractivity contribution is 0.0729. The van der Waals surface area contributed by atoms with Gasteiger partial charge in [0.25, 0.3) is 0 Å². The second-order valence-corrected chi connectivity index (χ2v) is 5.53. The van der Waals surface area contributed by atoms with E-state index in [9.17, 15) is 13.6 Å². The average molecular weight is 351 g/mol. The number of rotatable bonds is 3. The van der Waals surface area contributed by atoms with Gasteiger partial charge in [0.15, 0.2) is 5.58 Å². The minimum atomic E-state index is -0.996. The van der Waals surface area contributed by atoms with Gasteiger partial charge in [0.1, 0.15) is 22.9 Å². The van der Waals surface area contributed by atoms with Crippen LogP contribution in [0.25, 0.3) is 22.6 Å². The van der Waals surface area contributed by atoms with Crippen LogP contribution in [0.1, 0.15) is 10.4 Å². The second-order valence-electron chi connectivity index (χ2n) is 5.53. The molecule has 4 aromatic rings. The first kappa shape index (κ1) is 16.0. The Hall–Kier alpha value is -3.54. The van der Waals surface area contributed by atoms with Crippen molar-refractivity contribution in [1.82, 2.24) is 4.98 Å². The zero-order valence-electron chi connectivity index (χ0n) is 13.3. The highest BCUT2D eigenvalue weighted by molar-refractivity contribution is 5.91. The van der Waals surface area contributed by atoms with E-state index in [4.69, 9.17) is 9.15 Å². The lowest BCUT2D eigenvalue weighted by atomic mass is 10.2. The van der Waals surface area contributed by atoms with Crippen LogP contribution in [-0.2, 0) is 0 Å². The van der Waals surface area contributed by atoms with Crippen LogP contribution in [0, 0.1) is 11.6 Å². The maximum Gasteiger partial charge on any atom is 0.346 e. The molecule has 0 saturated heterocycles. The number of nitrogens with zero attached hydrogens (tertiary/aromatic N) is 1. The van der Waals surface area contributed by atoms with Crippen LogP contribution in [0.4, 0.5) is 8.78 Å². The van der Waals surface area contributed by atoms with Crippen LogP contribution in [0.15, 0.2) is 71.1 Å². The largest absolute Gasteiger partial charge is 0.436 e. The maximum absolute atomic E-state index is 13.7. The van der Waals surface area contributed by atoms with Crippen molar-refractivity contribution < 1.29 is 22.7 Å². The van der Waals surface area contributed by atoms with Gasteiger partial charge in [-0.25, -0.2) is 18.6 Å². The number of esters is 1. The molecule has 0 atom stereocenters. The molecule has 1 heterocycles. The number of oxazole rings is 1. The summed E-state index contributed by atoms with van der Waals surface area (Å²) in [5.74, 6) is -2.01. The third-order valence-corrected chi connectivity index (χ3v) is 3.74. The molecule has 128 valence electrons. The number of carbonyl (C=O) groups excluding carboxylic acids is 1. The molecule has 0 aliphatic rings. The maximum atomic E-state index is 13.7. The highest BCUT2D eigenvalue weighted by Gasteiger charge is 2.16. The summed E-state index contributed by atoms with van der Waals surface area (Å²) < 4.78 is 37.7. The molecule has 0 radical (unpaired) electrons. The molecule has 4 rings (SSSR count). The molecule has 3 aromatic carbocycles. The van der Waals surface area contributed by atoms with Crippen LogP contribution in [0.3, 0.4) is 0 Å². The summed E-state index contributed by atoms with van der Waals surface area (Å²) in [4.78, 5) is 16.4. The number of fused-ring (bicyclic) bond motifs is 1. The standard InChI is InChI=1S/C20H11F2NO3/c21-13-6-8-16(22)15(10-13)20(24)25-14-7-9-17-18(11-14)26-19(23-17)12-4-2-1-3-5-12/h1-11H. The van der Waals surface area contributed by atoms with Gasteiger partial charge in [-0.1, -0.05) is 18.2 Å². The number of hydrogen-bond donors (Lipinski definition) is 0. The summed E-state index contributed by atoms with van der Waals surface area (Å²) in [6.45, 7) is 0. The molecule has 0 bridgehead atoms. The SMILES string of the molecule is O=C(Oc1ccc2nc(-c3ccccc3)oc2c1)c1cc(F)ccc1F. The number of hydrogen-bond acceptors (Lipinski definition) is 4. The first-order chi connectivity index (χ1) is 12.6. The second kappa shape index (κ2) is 6.40. The Morgan fingerprint density at radius 2 is 1.77 bits per heavy atom. The van der Waals surface area contributed by atoms with Crippen molar-refractivity contribution >= 4 is 17.1 Å². The first-order valence-corrected chi connectivity index (χ1v) is 7.73. The van der Waals surface area contributed by atoms with Crippen LogP contribution >= 0.6 is 0 Å². The zero-order valence-corrected chi connectivity index (χ0v) is 13.3. The molecule has 0 unspecified atom stereocenters. The lowest BCUT2D eigenvalue weighted by Crippen LogP contribution is -2.11. The first-order valence-electron chi connectivity index (χ1n) is 7.73. The molecular formula is C20H11F2NO3. The summed E-state index contributed by atoms with van der Waals surface area (Å²) in [5.41, 5.74) is 1.33. The summed E-state index contributed by atoms with van der Waals surface area (Å²) in [6.07, 6.45) is 0. The van der Waals surface area contributed by atoms with Gasteiger partial charge in [0.05, 0.1) is 5.56 Å². The van der Waals surface area contributed by atoms with Crippen molar-refractivity contribution in [2.75, 3.05) is 0 Å². The van der Waals surface area contributed by atoms with E-state index in [2.05, 4.69) is 4.98 Å². The molecule has 1 aromatic heterocycles. The molecule has 0 spiro atoms. The van der Waals surface area contributed by atoms with Crippen LogP contribution < -0.4 is 4.74 Å². The monoisotopic (exact) mass is 351 g/mol. The number of ether oxygens (including phenoxy) is 1. The quantitative estimate of drug-likeness (QED) is 0.385. The van der Waals surface area contributed by atoms with E-state index in [1.165, 1.54) is 12.1 Å². The molecule has 0 amide bonds. The van der Waals surface area contributed by atoms with Gasteiger partial charge in [0.2, 0.25) is 5.89 Å². The molecule has 0 saturated carbocycles. The van der Waals surface area contributed by atoms with E-state index in [1.807, 2.05) is 30.3 Å². The Morgan fingerprint density at radius 1 is 0.962 bits per heavy atom. The highest BCUT2D eigenvalue weighted by Crippen LogP contribution is 2.27. The van der Waals surface area contributed by atoms with Crippen molar-refractivity contribution in [3.8, 4) is 17.2 Å². The predicted octanol–water partition coefficient (Wildman–Crippen LogP) is 4.99. The van der Waals surface area contributed by atoms with Gasteiger partial charge in [-0.05, 0) is 42.5 Å². The van der Waals surface area contributed by atoms with E-state index in [0.29, 0.717) is 17.0 Å². The molecule has 0 N–H and O–H groups in total. The summed E-state index contributed by atoms with van der Waals surface area (Å²) in [5, 5.41) is 0. The van der Waals surface area contributed by atoms with Crippen molar-refractivity contribution in [2.24, 2.45) is 0 Å². The summed E-state index contributed by atoms with van der Waals surface area (Å²) in [6, 6.07) is 16.5. The normalized spacial score (nSPS) is 10.8. The molecule has 26 heavy (non-hydrogen) atoms. The Labute approximate surface area is 146 Å². The number of carbonyl (C=O) groups is 1. The fourth-order valence-electron chi connectivity index (χ4n) is 2.49. The van der Waals surface area contributed by atoms with Crippen LogP contribution in [-0.4, -0.2) is 11.0 Å². The lowest BCUT2D eigenvalue weighted by Gasteiger charge is -2.05. The molecule has 6 heteroatoms. The Kier molecular flexibility index (Phi) is 3.93. The average Bonchev–Trinajstić information content (AvgIpc) is 3.08. The number of aromatic nitrogens is 1. The fourth-order valence-corrected chi connectivity index (χ4v) is 2.49. The predicted molar refractivity (Wildman–Crippen MR) is 90.8 cm³/mol. The fraction of sp³-hybridized carbons (Fsp3) is 0. The Morgan fingerprint density at radius 3 is 2.58 bits per heavy atom. The highest BCUT2D eigenvalue weighted by atomic mass is 19.1. The van der Waals surface area contributed by atoms with Gasteiger partial charge in [-0.2, -0.15) is 0 Å². The minimum Gasteiger partial charge on any atom is -0.436 e. The van der Waals surface area contributed by atoms with Gasteiger partial charge in [-0.3, -0.25) is 0 Å². The van der Waals surface area contributed by atoms with Crippen molar-refractivity contribution in [3.63, 3.8) is 0 Å². The van der Waals surface area contributed by atoms with Crippen LogP contribution in [0.2, 0.25) is 0 Å². The zero-order chi connectivity index (χ0) is 18.1. The smallest absolute Gasteiger partial charge is 0.346 e. The molecule has 0 aliphatic carbocycles. The van der Waals surface area contributed by atoms with E-state index >= 15 is 0 Å². The summed E-state index contributed by atoms with van der Waals surface area (Å²) in [7, 11) is 0. The Bertz CT molecular complexity index is 1110. The van der Waals surface area contributed by atoms with Gasteiger partial charge < -0.3 is 9.15 Å². The minimum absolute atomic E-state index is 0.141. The number of halogens is 2. The third kappa shape index (κ3) is 3.04. The van der Waals surface area contributed by atoms with Gasteiger partial charge in [0, 0.05) is 11.6 Å². The van der Waals surface area contributed by atoms with E-state index in [1.54, 1.807) is 6.07 Å². The Balaban J connectivity index is 1.63. The van der Waals surface area contributed by atoms with Crippen molar-refractivity contribution in [2.45, 2.75) is 0 Å². The third-order valence-electron chi connectivity index (χ3n) is 3.74. The molecule has 0 aliphatic heterocycles. The summed E-state index contributed by atoms with van der Waals surface area (Å²) >= 11 is 0. The van der Waals surface area contributed by atoms with E-state index in [0.717, 1.165) is 23.8 Å². The molecule has 4 nitrogen and oxygen atoms in total. The van der Waals surface area contributed by atoms with Crippen molar-refractivity contribution in [3.05, 3.63) is 83.9 Å². The van der Waals surface area contributed by atoms with E-state index in [-0.39, 0.29) is 5.75 Å². The van der Waals surface area contributed by atoms with Gasteiger partial charge in [-0.15, -0.1) is 0 Å². The topological polar surface area (TPSA) is 52.3 Å². The molecular weight excluding hydrogens is 340 g/mol. The van der Waals surface area contributed by atoms with E-state index < -0.39 is 23.2 Å². The van der Waals surface area contributed by atoms with Crippen LogP contribution in [0.5, 0.6) is 5.75 Å². The van der Waals surface area contributed by atoms with Gasteiger partial charge >= 0.3 is 5.97 Å². The molecule has 0 fully saturated rings. The van der Waals surface area contributed by atoms with Crippen molar-refractivity contribution in [1.29, 1.82) is 0 Å².